The first-order valence-electron chi connectivity index (χ1n) is 9.61. The monoisotopic (exact) mass is 406 g/mol. The van der Waals surface area contributed by atoms with E-state index >= 15 is 0 Å². The summed E-state index contributed by atoms with van der Waals surface area (Å²) in [5.74, 6) is 0.261. The maximum absolute atomic E-state index is 12.6. The normalized spacial score (nSPS) is 12.7. The number of anilines is 2. The van der Waals surface area contributed by atoms with Crippen molar-refractivity contribution in [3.63, 3.8) is 0 Å². The average Bonchev–Trinajstić information content (AvgIpc) is 3.19. The molecule has 0 saturated heterocycles. The lowest BCUT2D eigenvalue weighted by Gasteiger charge is -2.10. The molecular weight excluding hydrogens is 384 g/mol. The van der Waals surface area contributed by atoms with Gasteiger partial charge in [-0.3, -0.25) is 9.59 Å². The third-order valence-corrected chi connectivity index (χ3v) is 6.22. The Hall–Kier alpha value is -3.12. The molecule has 29 heavy (non-hydrogen) atoms. The van der Waals surface area contributed by atoms with Crippen LogP contribution in [-0.4, -0.2) is 18.9 Å². The molecule has 4 rings (SSSR count). The molecule has 0 spiro atoms. The molecule has 0 fully saturated rings. The van der Waals surface area contributed by atoms with Crippen molar-refractivity contribution in [1.29, 1.82) is 0 Å². The van der Waals surface area contributed by atoms with Crippen molar-refractivity contribution in [2.75, 3.05) is 17.7 Å². The minimum Gasteiger partial charge on any atom is -0.495 e. The largest absolute Gasteiger partial charge is 0.495 e. The highest BCUT2D eigenvalue weighted by molar-refractivity contribution is 7.14. The quantitative estimate of drug-likeness (QED) is 0.616. The Labute approximate surface area is 173 Å². The Balaban J connectivity index is 1.41. The van der Waals surface area contributed by atoms with Gasteiger partial charge in [0.15, 0.2) is 0 Å². The van der Waals surface area contributed by atoms with Crippen LogP contribution < -0.4 is 15.4 Å². The van der Waals surface area contributed by atoms with Crippen molar-refractivity contribution in [2.45, 2.75) is 25.7 Å². The van der Waals surface area contributed by atoms with Crippen molar-refractivity contribution >= 4 is 34.5 Å². The van der Waals surface area contributed by atoms with Crippen LogP contribution in [0.1, 0.15) is 43.3 Å². The number of methoxy groups -OCH3 is 1. The first-order valence-corrected chi connectivity index (χ1v) is 10.4. The fourth-order valence-electron chi connectivity index (χ4n) is 3.44. The van der Waals surface area contributed by atoms with Gasteiger partial charge in [-0.2, -0.15) is 0 Å². The molecule has 3 aromatic rings. The van der Waals surface area contributed by atoms with E-state index in [1.165, 1.54) is 23.3 Å². The van der Waals surface area contributed by atoms with Crippen molar-refractivity contribution in [3.8, 4) is 5.75 Å². The summed E-state index contributed by atoms with van der Waals surface area (Å²) in [6.07, 6.45) is 4.54. The number of amides is 2. The minimum atomic E-state index is -0.238. The summed E-state index contributed by atoms with van der Waals surface area (Å²) < 4.78 is 5.26. The van der Waals surface area contributed by atoms with Gasteiger partial charge in [-0.25, -0.2) is 0 Å². The van der Waals surface area contributed by atoms with Crippen LogP contribution in [0.2, 0.25) is 0 Å². The predicted octanol–water partition coefficient (Wildman–Crippen LogP) is 5.14. The van der Waals surface area contributed by atoms with Crippen LogP contribution in [0, 0.1) is 0 Å². The van der Waals surface area contributed by atoms with Crippen LogP contribution in [-0.2, 0) is 12.8 Å². The number of carbonyl (C=O) groups excluding carboxylic acids is 2. The zero-order chi connectivity index (χ0) is 20.2. The highest BCUT2D eigenvalue weighted by Gasteiger charge is 2.17. The molecule has 2 aromatic carbocycles. The Kier molecular flexibility index (Phi) is 5.62. The summed E-state index contributed by atoms with van der Waals surface area (Å²) in [6, 6.07) is 16.1. The van der Waals surface area contributed by atoms with Crippen LogP contribution in [0.25, 0.3) is 0 Å². The van der Waals surface area contributed by atoms with Gasteiger partial charge in [-0.15, -0.1) is 11.3 Å². The molecule has 1 aliphatic rings. The third-order valence-electron chi connectivity index (χ3n) is 4.98. The first kappa shape index (κ1) is 19.2. The number of nitrogens with one attached hydrogen (secondary N) is 2. The van der Waals surface area contributed by atoms with E-state index in [1.54, 1.807) is 54.8 Å². The fraction of sp³-hybridized carbons (Fsp3) is 0.217. The molecule has 0 bridgehead atoms. The molecular formula is C23H22N2O3S. The topological polar surface area (TPSA) is 67.4 Å². The minimum absolute atomic E-state index is 0.101. The van der Waals surface area contributed by atoms with E-state index in [4.69, 9.17) is 4.74 Å². The number of benzene rings is 2. The zero-order valence-corrected chi connectivity index (χ0v) is 17.0. The number of para-hydroxylation sites is 2. The number of aryl methyl sites for hydroxylation is 2. The summed E-state index contributed by atoms with van der Waals surface area (Å²) in [7, 11) is 1.56. The van der Waals surface area contributed by atoms with E-state index < -0.39 is 0 Å². The maximum Gasteiger partial charge on any atom is 0.265 e. The molecule has 1 heterocycles. The Morgan fingerprint density at radius 1 is 0.931 bits per heavy atom. The highest BCUT2D eigenvalue weighted by atomic mass is 32.1. The number of ether oxygens (including phenoxy) is 1. The van der Waals surface area contributed by atoms with Gasteiger partial charge < -0.3 is 15.4 Å². The number of carbonyl (C=O) groups is 2. The summed E-state index contributed by atoms with van der Waals surface area (Å²) in [6.45, 7) is 0. The molecule has 1 aromatic heterocycles. The highest BCUT2D eigenvalue weighted by Crippen LogP contribution is 2.30. The zero-order valence-electron chi connectivity index (χ0n) is 16.2. The molecule has 2 N–H and O–H groups in total. The van der Waals surface area contributed by atoms with Crippen molar-refractivity contribution in [2.24, 2.45) is 0 Å². The van der Waals surface area contributed by atoms with Gasteiger partial charge in [0, 0.05) is 16.1 Å². The van der Waals surface area contributed by atoms with E-state index in [9.17, 15) is 9.59 Å². The predicted molar refractivity (Wildman–Crippen MR) is 116 cm³/mol. The van der Waals surface area contributed by atoms with Crippen LogP contribution in [0.3, 0.4) is 0 Å². The van der Waals surface area contributed by atoms with E-state index in [1.807, 2.05) is 18.2 Å². The molecule has 0 radical (unpaired) electrons. The molecule has 1 aliphatic carbocycles. The van der Waals surface area contributed by atoms with Crippen LogP contribution >= 0.6 is 11.3 Å². The first-order chi connectivity index (χ1) is 14.1. The summed E-state index contributed by atoms with van der Waals surface area (Å²) in [5.41, 5.74) is 3.09. The Bertz CT molecular complexity index is 1020. The van der Waals surface area contributed by atoms with Gasteiger partial charge in [0.05, 0.1) is 17.7 Å². The second-order valence-corrected chi connectivity index (χ2v) is 8.09. The van der Waals surface area contributed by atoms with Gasteiger partial charge in [-0.1, -0.05) is 12.1 Å². The summed E-state index contributed by atoms with van der Waals surface area (Å²) in [5, 5.41) is 5.76. The summed E-state index contributed by atoms with van der Waals surface area (Å²) >= 11 is 1.59. The van der Waals surface area contributed by atoms with Crippen molar-refractivity contribution in [3.05, 3.63) is 75.5 Å². The molecule has 5 nitrogen and oxygen atoms in total. The third kappa shape index (κ3) is 4.32. The molecule has 148 valence electrons. The number of hydrogen-bond donors (Lipinski definition) is 2. The lowest BCUT2D eigenvalue weighted by atomic mass is 9.99. The maximum atomic E-state index is 12.6. The molecule has 0 aliphatic heterocycles. The summed E-state index contributed by atoms with van der Waals surface area (Å²) in [4.78, 5) is 27.1. The molecule has 0 unspecified atom stereocenters. The van der Waals surface area contributed by atoms with Crippen molar-refractivity contribution in [1.82, 2.24) is 0 Å². The second kappa shape index (κ2) is 8.49. The van der Waals surface area contributed by atoms with Gasteiger partial charge in [-0.05, 0) is 73.7 Å². The van der Waals surface area contributed by atoms with Crippen LogP contribution in [0.4, 0.5) is 11.4 Å². The number of rotatable bonds is 5. The number of fused-ring (bicyclic) bond motifs is 1. The SMILES string of the molecule is COc1ccccc1NC(=O)c1ccc(NC(=O)c2cc3c(s2)CCCC3)cc1. The molecule has 0 saturated carbocycles. The standard InChI is InChI=1S/C23H22N2O3S/c1-28-19-8-4-3-7-18(19)25-22(26)15-10-12-17(13-11-15)24-23(27)21-14-16-6-2-5-9-20(16)29-21/h3-4,7-8,10-14H,2,5-6,9H2,1H3,(H,24,27)(H,25,26). The Morgan fingerprint density at radius 3 is 2.45 bits per heavy atom. The van der Waals surface area contributed by atoms with E-state index in [0.717, 1.165) is 17.7 Å². The molecule has 0 atom stereocenters. The van der Waals surface area contributed by atoms with Crippen molar-refractivity contribution < 1.29 is 14.3 Å². The van der Waals surface area contributed by atoms with E-state index in [2.05, 4.69) is 10.6 Å². The van der Waals surface area contributed by atoms with Crippen LogP contribution in [0.15, 0.2) is 54.6 Å². The lowest BCUT2D eigenvalue weighted by Crippen LogP contribution is -2.13. The van der Waals surface area contributed by atoms with E-state index in [-0.39, 0.29) is 11.8 Å². The Morgan fingerprint density at radius 2 is 1.69 bits per heavy atom. The van der Waals surface area contributed by atoms with Gasteiger partial charge in [0.2, 0.25) is 0 Å². The number of hydrogen-bond acceptors (Lipinski definition) is 4. The van der Waals surface area contributed by atoms with Gasteiger partial charge in [0.1, 0.15) is 5.75 Å². The molecule has 6 heteroatoms. The molecule has 2 amide bonds. The lowest BCUT2D eigenvalue weighted by molar-refractivity contribution is 0.102. The van der Waals surface area contributed by atoms with E-state index in [0.29, 0.717) is 22.7 Å². The number of thiophene rings is 1. The second-order valence-electron chi connectivity index (χ2n) is 6.95. The van der Waals surface area contributed by atoms with Crippen LogP contribution in [0.5, 0.6) is 5.75 Å². The van der Waals surface area contributed by atoms with Gasteiger partial charge in [0.25, 0.3) is 11.8 Å². The van der Waals surface area contributed by atoms with Gasteiger partial charge >= 0.3 is 0 Å². The fourth-order valence-corrected chi connectivity index (χ4v) is 4.59. The smallest absolute Gasteiger partial charge is 0.265 e. The average molecular weight is 407 g/mol.